The fraction of sp³-hybridized carbons (Fsp3) is 0.241. The van der Waals surface area contributed by atoms with E-state index in [4.69, 9.17) is 4.74 Å². The van der Waals surface area contributed by atoms with Gasteiger partial charge in [0.1, 0.15) is 11.6 Å². The Kier molecular flexibility index (Phi) is 7.51. The Hall–Kier alpha value is -3.25. The largest absolute Gasteiger partial charge is 0.416 e. The number of hydrogen-bond acceptors (Lipinski definition) is 1. The highest BCUT2D eigenvalue weighted by Gasteiger charge is 2.29. The molecular weight excluding hydrogens is 459 g/mol. The molecule has 0 bridgehead atoms. The molecule has 0 spiro atoms. The molecule has 0 aliphatic heterocycles. The number of ether oxygens (including phenoxy) is 1. The molecule has 0 amide bonds. The summed E-state index contributed by atoms with van der Waals surface area (Å²) in [5, 5.41) is 1.25. The van der Waals surface area contributed by atoms with Crippen molar-refractivity contribution in [2.75, 3.05) is 7.11 Å². The zero-order valence-electron chi connectivity index (χ0n) is 19.3. The van der Waals surface area contributed by atoms with E-state index in [1.165, 1.54) is 18.2 Å². The molecule has 1 nitrogen and oxygen atoms in total. The lowest BCUT2D eigenvalue weighted by Crippen LogP contribution is -2.04. The Morgan fingerprint density at radius 2 is 1.29 bits per heavy atom. The van der Waals surface area contributed by atoms with E-state index in [0.717, 1.165) is 34.2 Å². The molecule has 6 heteroatoms. The lowest BCUT2D eigenvalue weighted by atomic mass is 9.97. The van der Waals surface area contributed by atoms with E-state index in [2.05, 4.69) is 0 Å². The van der Waals surface area contributed by atoms with Gasteiger partial charge < -0.3 is 4.74 Å². The molecule has 0 saturated carbocycles. The summed E-state index contributed by atoms with van der Waals surface area (Å²) in [4.78, 5) is 0. The van der Waals surface area contributed by atoms with Crippen LogP contribution < -0.4 is 0 Å². The van der Waals surface area contributed by atoms with E-state index < -0.39 is 11.7 Å². The number of halogens is 5. The minimum absolute atomic E-state index is 0.260. The number of alkyl halides is 3. The number of fused-ring (bicyclic) bond motifs is 1. The van der Waals surface area contributed by atoms with Gasteiger partial charge in [-0.1, -0.05) is 54.6 Å². The quantitative estimate of drug-likeness (QED) is 0.231. The molecule has 4 aromatic rings. The maximum absolute atomic E-state index is 15.1. The van der Waals surface area contributed by atoms with Crippen molar-refractivity contribution in [2.45, 2.75) is 38.5 Å². The second-order valence-corrected chi connectivity index (χ2v) is 8.65. The number of methoxy groups -OCH3 is 1. The molecular formula is C29H25F5O. The normalized spacial score (nSPS) is 11.8. The number of rotatable bonds is 8. The molecule has 0 N–H and O–H groups in total. The smallest absolute Gasteiger partial charge is 0.380 e. The van der Waals surface area contributed by atoms with Crippen LogP contribution in [0, 0.1) is 11.6 Å². The molecule has 0 atom stereocenters. The molecule has 0 unspecified atom stereocenters. The third-order valence-corrected chi connectivity index (χ3v) is 6.17. The SMILES string of the molecule is COCc1ccc(CCc2ccc3c(F)c(CCc4ccc(C(F)(F)F)cc4)ccc3c2)c(F)c1. The molecule has 0 radical (unpaired) electrons. The van der Waals surface area contributed by atoms with Gasteiger partial charge in [-0.05, 0) is 77.1 Å². The summed E-state index contributed by atoms with van der Waals surface area (Å²) >= 11 is 0. The molecule has 0 aliphatic carbocycles. The van der Waals surface area contributed by atoms with Crippen molar-refractivity contribution >= 4 is 10.8 Å². The average molecular weight is 485 g/mol. The van der Waals surface area contributed by atoms with Gasteiger partial charge in [0.05, 0.1) is 12.2 Å². The van der Waals surface area contributed by atoms with E-state index in [0.29, 0.717) is 48.8 Å². The Labute approximate surface area is 201 Å². The summed E-state index contributed by atoms with van der Waals surface area (Å²) < 4.78 is 72.7. The minimum atomic E-state index is -4.37. The number of aryl methyl sites for hydroxylation is 4. The van der Waals surface area contributed by atoms with Crippen molar-refractivity contribution in [3.05, 3.63) is 118 Å². The van der Waals surface area contributed by atoms with E-state index in [9.17, 15) is 17.6 Å². The minimum Gasteiger partial charge on any atom is -0.380 e. The maximum Gasteiger partial charge on any atom is 0.416 e. The van der Waals surface area contributed by atoms with Crippen LogP contribution in [0.4, 0.5) is 22.0 Å². The fourth-order valence-electron chi connectivity index (χ4n) is 4.20. The van der Waals surface area contributed by atoms with Gasteiger partial charge in [0, 0.05) is 12.5 Å². The summed E-state index contributed by atoms with van der Waals surface area (Å²) in [6.07, 6.45) is -2.41. The fourth-order valence-corrected chi connectivity index (χ4v) is 4.20. The standard InChI is InChI=1S/C29H25F5O/c1-35-18-21-4-9-22(27(30)17-21)8-3-20-7-15-26-24(16-20)12-11-23(28(26)31)10-2-19-5-13-25(14-6-19)29(32,33)34/h4-7,9,11-17H,2-3,8,10,18H2,1H3. The highest BCUT2D eigenvalue weighted by atomic mass is 19.4. The first-order chi connectivity index (χ1) is 16.7. The van der Waals surface area contributed by atoms with Crippen molar-refractivity contribution in [2.24, 2.45) is 0 Å². The average Bonchev–Trinajstić information content (AvgIpc) is 2.83. The van der Waals surface area contributed by atoms with Gasteiger partial charge in [0.15, 0.2) is 0 Å². The number of hydrogen-bond donors (Lipinski definition) is 0. The first-order valence-electron chi connectivity index (χ1n) is 11.4. The lowest BCUT2D eigenvalue weighted by Gasteiger charge is -2.10. The van der Waals surface area contributed by atoms with Crippen LogP contribution in [0.25, 0.3) is 10.8 Å². The van der Waals surface area contributed by atoms with Crippen LogP contribution in [0.3, 0.4) is 0 Å². The van der Waals surface area contributed by atoms with Gasteiger partial charge >= 0.3 is 6.18 Å². The van der Waals surface area contributed by atoms with E-state index >= 15 is 4.39 Å². The monoisotopic (exact) mass is 484 g/mol. The second kappa shape index (κ2) is 10.6. The van der Waals surface area contributed by atoms with E-state index in [1.54, 1.807) is 25.3 Å². The summed E-state index contributed by atoms with van der Waals surface area (Å²) in [5.74, 6) is -0.579. The van der Waals surface area contributed by atoms with Crippen LogP contribution >= 0.6 is 0 Å². The Morgan fingerprint density at radius 1 is 0.657 bits per heavy atom. The van der Waals surface area contributed by atoms with Crippen LogP contribution in [-0.2, 0) is 43.2 Å². The molecule has 4 rings (SSSR count). The first-order valence-corrected chi connectivity index (χ1v) is 11.4. The third kappa shape index (κ3) is 6.06. The van der Waals surface area contributed by atoms with Crippen molar-refractivity contribution in [3.8, 4) is 0 Å². The number of benzene rings is 4. The van der Waals surface area contributed by atoms with Gasteiger partial charge in [0.25, 0.3) is 0 Å². The first kappa shape index (κ1) is 24.9. The lowest BCUT2D eigenvalue weighted by molar-refractivity contribution is -0.137. The molecule has 4 aromatic carbocycles. The topological polar surface area (TPSA) is 9.23 Å². The summed E-state index contributed by atoms with van der Waals surface area (Å²) in [6, 6.07) is 19.1. The van der Waals surface area contributed by atoms with Crippen LogP contribution in [0.5, 0.6) is 0 Å². The molecule has 0 aliphatic rings. The summed E-state index contributed by atoms with van der Waals surface area (Å²) in [5.41, 5.74) is 2.92. The summed E-state index contributed by atoms with van der Waals surface area (Å²) in [6.45, 7) is 0.361. The Morgan fingerprint density at radius 3 is 1.97 bits per heavy atom. The zero-order chi connectivity index (χ0) is 25.0. The molecule has 35 heavy (non-hydrogen) atoms. The van der Waals surface area contributed by atoms with Crippen molar-refractivity contribution in [1.82, 2.24) is 0 Å². The van der Waals surface area contributed by atoms with Crippen LogP contribution in [0.15, 0.2) is 72.8 Å². The summed E-state index contributed by atoms with van der Waals surface area (Å²) in [7, 11) is 1.57. The maximum atomic E-state index is 15.1. The van der Waals surface area contributed by atoms with Gasteiger partial charge in [-0.25, -0.2) is 8.78 Å². The molecule has 0 saturated heterocycles. The Balaban J connectivity index is 1.43. The van der Waals surface area contributed by atoms with Crippen LogP contribution in [0.2, 0.25) is 0 Å². The zero-order valence-corrected chi connectivity index (χ0v) is 19.3. The van der Waals surface area contributed by atoms with E-state index in [-0.39, 0.29) is 11.6 Å². The van der Waals surface area contributed by atoms with Gasteiger partial charge in [0.2, 0.25) is 0 Å². The predicted octanol–water partition coefficient (Wildman–Crippen LogP) is 7.85. The van der Waals surface area contributed by atoms with Crippen LogP contribution in [-0.4, -0.2) is 7.11 Å². The van der Waals surface area contributed by atoms with Crippen molar-refractivity contribution in [3.63, 3.8) is 0 Å². The third-order valence-electron chi connectivity index (χ3n) is 6.17. The highest BCUT2D eigenvalue weighted by Crippen LogP contribution is 2.29. The van der Waals surface area contributed by atoms with Gasteiger partial charge in [-0.3, -0.25) is 0 Å². The Bertz CT molecular complexity index is 1310. The molecule has 0 heterocycles. The molecule has 0 aromatic heterocycles. The molecule has 182 valence electrons. The van der Waals surface area contributed by atoms with Gasteiger partial charge in [-0.15, -0.1) is 0 Å². The highest BCUT2D eigenvalue weighted by molar-refractivity contribution is 5.84. The van der Waals surface area contributed by atoms with Crippen molar-refractivity contribution < 1.29 is 26.7 Å². The second-order valence-electron chi connectivity index (χ2n) is 8.65. The molecule has 0 fully saturated rings. The van der Waals surface area contributed by atoms with Gasteiger partial charge in [-0.2, -0.15) is 13.2 Å². The van der Waals surface area contributed by atoms with Crippen LogP contribution in [0.1, 0.15) is 33.4 Å². The predicted molar refractivity (Wildman–Crippen MR) is 127 cm³/mol. The van der Waals surface area contributed by atoms with E-state index in [1.807, 2.05) is 24.3 Å². The van der Waals surface area contributed by atoms with Crippen molar-refractivity contribution in [1.29, 1.82) is 0 Å².